The van der Waals surface area contributed by atoms with Gasteiger partial charge in [0, 0.05) is 0 Å². The molecule has 0 radical (unpaired) electrons. The third-order valence-corrected chi connectivity index (χ3v) is 2.79. The van der Waals surface area contributed by atoms with Gasteiger partial charge in [-0.25, -0.2) is 0 Å². The first-order chi connectivity index (χ1) is 7.90. The lowest BCUT2D eigenvalue weighted by Gasteiger charge is -2.17. The van der Waals surface area contributed by atoms with E-state index in [9.17, 15) is 9.59 Å². The zero-order valence-electron chi connectivity index (χ0n) is 10.8. The number of hydrogen-bond donors (Lipinski definition) is 2. The van der Waals surface area contributed by atoms with Crippen molar-refractivity contribution < 1.29 is 19.8 Å². The first-order valence-electron chi connectivity index (χ1n) is 6.01. The van der Waals surface area contributed by atoms with E-state index in [1.54, 1.807) is 0 Å². The van der Waals surface area contributed by atoms with E-state index in [0.717, 1.165) is 30.4 Å². The number of carbonyl (C=O) groups is 2. The summed E-state index contributed by atoms with van der Waals surface area (Å²) in [7, 11) is 0. The monoisotopic (exact) mass is 242 g/mol. The fourth-order valence-corrected chi connectivity index (χ4v) is 1.87. The summed E-state index contributed by atoms with van der Waals surface area (Å²) in [6.07, 6.45) is 3.37. The molecule has 0 saturated heterocycles. The summed E-state index contributed by atoms with van der Waals surface area (Å²) in [5.74, 6) is -2.99. The van der Waals surface area contributed by atoms with Crippen LogP contribution >= 0.6 is 0 Å². The van der Waals surface area contributed by atoms with Crippen LogP contribution in [-0.4, -0.2) is 22.2 Å². The largest absolute Gasteiger partial charge is 0.481 e. The lowest BCUT2D eigenvalue weighted by Crippen LogP contribution is -2.21. The number of hydrogen-bond acceptors (Lipinski definition) is 2. The summed E-state index contributed by atoms with van der Waals surface area (Å²) in [6, 6.07) is 0. The molecule has 0 aromatic heterocycles. The number of allylic oxidation sites excluding steroid dienone is 1. The molecule has 0 aromatic carbocycles. The number of rotatable bonds is 8. The lowest BCUT2D eigenvalue weighted by atomic mass is 9.88. The highest BCUT2D eigenvalue weighted by molar-refractivity contribution is 5.80. The van der Waals surface area contributed by atoms with Gasteiger partial charge in [0.1, 0.15) is 0 Å². The molecule has 0 heterocycles. The fraction of sp³-hybridized carbons (Fsp3) is 0.692. The first kappa shape index (κ1) is 15.7. The van der Waals surface area contributed by atoms with Gasteiger partial charge in [-0.15, -0.1) is 0 Å². The Labute approximate surface area is 102 Å². The number of aliphatic carboxylic acids is 2. The molecule has 0 bridgehead atoms. The maximum atomic E-state index is 11.1. The maximum absolute atomic E-state index is 11.1. The van der Waals surface area contributed by atoms with Gasteiger partial charge in [0.15, 0.2) is 0 Å². The van der Waals surface area contributed by atoms with Gasteiger partial charge in [-0.3, -0.25) is 9.59 Å². The second-order valence-electron chi connectivity index (χ2n) is 4.47. The number of carboxylic acid groups (broad SMARTS) is 2. The Morgan fingerprint density at radius 3 is 2.06 bits per heavy atom. The predicted molar refractivity (Wildman–Crippen MR) is 65.9 cm³/mol. The van der Waals surface area contributed by atoms with Gasteiger partial charge in [0.05, 0.1) is 12.3 Å². The molecule has 1 unspecified atom stereocenters. The molecule has 0 spiro atoms. The number of carboxylic acids is 2. The molecule has 0 saturated carbocycles. The number of unbranched alkanes of at least 4 members (excludes halogenated alkanes) is 2. The smallest absolute Gasteiger partial charge is 0.311 e. The molecule has 0 aliphatic carbocycles. The van der Waals surface area contributed by atoms with Crippen LogP contribution in [0.25, 0.3) is 0 Å². The quantitative estimate of drug-likeness (QED) is 0.506. The van der Waals surface area contributed by atoms with Crippen LogP contribution < -0.4 is 0 Å². The maximum Gasteiger partial charge on any atom is 0.311 e. The van der Waals surface area contributed by atoms with Gasteiger partial charge in [-0.05, 0) is 26.7 Å². The summed E-state index contributed by atoms with van der Waals surface area (Å²) in [5.41, 5.74) is 1.70. The molecule has 2 N–H and O–H groups in total. The van der Waals surface area contributed by atoms with Crippen molar-refractivity contribution in [2.24, 2.45) is 5.92 Å². The second-order valence-corrected chi connectivity index (χ2v) is 4.47. The highest BCUT2D eigenvalue weighted by atomic mass is 16.4. The van der Waals surface area contributed by atoms with Crippen LogP contribution in [0.4, 0.5) is 0 Å². The van der Waals surface area contributed by atoms with E-state index < -0.39 is 17.9 Å². The minimum Gasteiger partial charge on any atom is -0.481 e. The summed E-state index contributed by atoms with van der Waals surface area (Å²) in [4.78, 5) is 21.8. The third-order valence-electron chi connectivity index (χ3n) is 2.79. The van der Waals surface area contributed by atoms with Crippen LogP contribution in [0.1, 0.15) is 52.9 Å². The minimum absolute atomic E-state index is 0.331. The van der Waals surface area contributed by atoms with Gasteiger partial charge in [-0.1, -0.05) is 30.9 Å². The molecule has 0 aliphatic rings. The Morgan fingerprint density at radius 2 is 1.71 bits per heavy atom. The van der Waals surface area contributed by atoms with Crippen LogP contribution in [0.3, 0.4) is 0 Å². The van der Waals surface area contributed by atoms with Crippen molar-refractivity contribution in [2.75, 3.05) is 0 Å². The standard InChI is InChI=1S/C13H22O4/c1-4-5-6-7-10(9(2)3)11(13(16)17)8-12(14)15/h11H,4-8H2,1-3H3,(H,14,15)(H,16,17). The third kappa shape index (κ3) is 6.09. The van der Waals surface area contributed by atoms with E-state index >= 15 is 0 Å². The van der Waals surface area contributed by atoms with E-state index in [2.05, 4.69) is 6.92 Å². The Morgan fingerprint density at radius 1 is 1.12 bits per heavy atom. The predicted octanol–water partition coefficient (Wildman–Crippen LogP) is 3.08. The van der Waals surface area contributed by atoms with Crippen molar-refractivity contribution in [2.45, 2.75) is 52.9 Å². The highest BCUT2D eigenvalue weighted by Crippen LogP contribution is 2.25. The topological polar surface area (TPSA) is 74.6 Å². The molecule has 0 fully saturated rings. The SMILES string of the molecule is CCCCCC(=C(C)C)C(CC(=O)O)C(=O)O. The van der Waals surface area contributed by atoms with E-state index in [1.165, 1.54) is 0 Å². The van der Waals surface area contributed by atoms with Crippen molar-refractivity contribution >= 4 is 11.9 Å². The molecule has 98 valence electrons. The molecule has 4 nitrogen and oxygen atoms in total. The van der Waals surface area contributed by atoms with Crippen LogP contribution in [0, 0.1) is 5.92 Å². The summed E-state index contributed by atoms with van der Waals surface area (Å²) in [5, 5.41) is 17.8. The van der Waals surface area contributed by atoms with E-state index in [0.29, 0.717) is 6.42 Å². The van der Waals surface area contributed by atoms with Crippen molar-refractivity contribution in [1.29, 1.82) is 0 Å². The zero-order valence-corrected chi connectivity index (χ0v) is 10.8. The van der Waals surface area contributed by atoms with E-state index in [1.807, 2.05) is 13.8 Å². The Balaban J connectivity index is 4.80. The normalized spacial score (nSPS) is 11.9. The Hall–Kier alpha value is -1.32. The summed E-state index contributed by atoms with van der Waals surface area (Å²) >= 11 is 0. The molecule has 17 heavy (non-hydrogen) atoms. The zero-order chi connectivity index (χ0) is 13.4. The van der Waals surface area contributed by atoms with Crippen molar-refractivity contribution in [3.8, 4) is 0 Å². The Kier molecular flexibility index (Phi) is 7.26. The van der Waals surface area contributed by atoms with Crippen molar-refractivity contribution in [1.82, 2.24) is 0 Å². The first-order valence-corrected chi connectivity index (χ1v) is 6.01. The minimum atomic E-state index is -1.06. The van der Waals surface area contributed by atoms with Crippen molar-refractivity contribution in [3.63, 3.8) is 0 Å². The molecular weight excluding hydrogens is 220 g/mol. The van der Waals surface area contributed by atoms with Crippen LogP contribution in [-0.2, 0) is 9.59 Å². The Bertz CT molecular complexity index is 301. The molecule has 0 rings (SSSR count). The average molecular weight is 242 g/mol. The van der Waals surface area contributed by atoms with Crippen LogP contribution in [0.5, 0.6) is 0 Å². The van der Waals surface area contributed by atoms with E-state index in [4.69, 9.17) is 10.2 Å². The summed E-state index contributed by atoms with van der Waals surface area (Å²) in [6.45, 7) is 5.77. The van der Waals surface area contributed by atoms with Crippen LogP contribution in [0.15, 0.2) is 11.1 Å². The van der Waals surface area contributed by atoms with Gasteiger partial charge >= 0.3 is 11.9 Å². The van der Waals surface area contributed by atoms with Crippen molar-refractivity contribution in [3.05, 3.63) is 11.1 Å². The molecule has 0 aromatic rings. The molecule has 4 heteroatoms. The van der Waals surface area contributed by atoms with Gasteiger partial charge < -0.3 is 10.2 Å². The molecular formula is C13H22O4. The van der Waals surface area contributed by atoms with Gasteiger partial charge in [0.25, 0.3) is 0 Å². The van der Waals surface area contributed by atoms with Gasteiger partial charge in [-0.2, -0.15) is 0 Å². The second kappa shape index (κ2) is 7.87. The molecule has 1 atom stereocenters. The average Bonchev–Trinajstić information content (AvgIpc) is 2.20. The lowest BCUT2D eigenvalue weighted by molar-refractivity contribution is -0.147. The van der Waals surface area contributed by atoms with Gasteiger partial charge in [0.2, 0.25) is 0 Å². The molecule has 0 amide bonds. The van der Waals surface area contributed by atoms with E-state index in [-0.39, 0.29) is 6.42 Å². The van der Waals surface area contributed by atoms with Crippen LogP contribution in [0.2, 0.25) is 0 Å². The summed E-state index contributed by atoms with van der Waals surface area (Å²) < 4.78 is 0. The fourth-order valence-electron chi connectivity index (χ4n) is 1.87. The molecule has 0 aliphatic heterocycles. The highest BCUT2D eigenvalue weighted by Gasteiger charge is 2.25.